The Morgan fingerprint density at radius 1 is 1.05 bits per heavy atom. The van der Waals surface area contributed by atoms with Crippen molar-refractivity contribution < 1.29 is 22.0 Å². The molecule has 0 saturated heterocycles. The maximum Gasteiger partial charge on any atom is 0.416 e. The molecule has 2 aromatic rings. The highest BCUT2D eigenvalue weighted by Gasteiger charge is 2.30. The van der Waals surface area contributed by atoms with Gasteiger partial charge in [-0.1, -0.05) is 12.1 Å². The van der Waals surface area contributed by atoms with Gasteiger partial charge in [0.2, 0.25) is 5.82 Å². The summed E-state index contributed by atoms with van der Waals surface area (Å²) >= 11 is 0. The molecule has 0 unspecified atom stereocenters. The lowest BCUT2D eigenvalue weighted by Crippen LogP contribution is -2.25. The maximum atomic E-state index is 13.7. The molecule has 118 valence electrons. The van der Waals surface area contributed by atoms with E-state index in [1.165, 1.54) is 17.0 Å². The van der Waals surface area contributed by atoms with Crippen LogP contribution in [0.3, 0.4) is 0 Å². The van der Waals surface area contributed by atoms with E-state index >= 15 is 0 Å². The molecule has 2 rings (SSSR count). The summed E-state index contributed by atoms with van der Waals surface area (Å²) in [7, 11) is 0. The van der Waals surface area contributed by atoms with Crippen LogP contribution in [0.15, 0.2) is 30.6 Å². The van der Waals surface area contributed by atoms with E-state index in [0.717, 1.165) is 18.5 Å². The van der Waals surface area contributed by atoms with Crippen molar-refractivity contribution in [3.05, 3.63) is 53.5 Å². The van der Waals surface area contributed by atoms with Crippen molar-refractivity contribution in [3.63, 3.8) is 0 Å². The number of aromatic nitrogens is 2. The molecule has 0 N–H and O–H groups in total. The lowest BCUT2D eigenvalue weighted by Gasteiger charge is -2.22. The predicted molar refractivity (Wildman–Crippen MR) is 70.1 cm³/mol. The van der Waals surface area contributed by atoms with Crippen LogP contribution in [-0.4, -0.2) is 16.5 Å². The highest BCUT2D eigenvalue weighted by atomic mass is 19.4. The van der Waals surface area contributed by atoms with Crippen LogP contribution in [0.2, 0.25) is 0 Å². The molecule has 0 spiro atoms. The molecule has 8 heteroatoms. The molecule has 0 saturated carbocycles. The molecular formula is C14H12F5N3. The van der Waals surface area contributed by atoms with E-state index in [9.17, 15) is 22.0 Å². The third-order valence-electron chi connectivity index (χ3n) is 3.06. The van der Waals surface area contributed by atoms with Gasteiger partial charge < -0.3 is 4.90 Å². The van der Waals surface area contributed by atoms with Gasteiger partial charge in [0.25, 0.3) is 5.95 Å². The number of halogens is 5. The second-order valence-electron chi connectivity index (χ2n) is 4.51. The van der Waals surface area contributed by atoms with E-state index in [2.05, 4.69) is 9.97 Å². The van der Waals surface area contributed by atoms with Crippen LogP contribution >= 0.6 is 0 Å². The van der Waals surface area contributed by atoms with E-state index in [1.54, 1.807) is 6.92 Å². The Kier molecular flexibility index (Phi) is 4.58. The van der Waals surface area contributed by atoms with Crippen LogP contribution in [0.4, 0.5) is 27.8 Å². The topological polar surface area (TPSA) is 29.0 Å². The number of benzene rings is 1. The van der Waals surface area contributed by atoms with Crippen molar-refractivity contribution in [2.45, 2.75) is 19.6 Å². The number of nitrogens with zero attached hydrogens (tertiary/aromatic N) is 3. The van der Waals surface area contributed by atoms with Gasteiger partial charge in [0, 0.05) is 13.1 Å². The smallest absolute Gasteiger partial charge is 0.350 e. The molecule has 0 radical (unpaired) electrons. The second kappa shape index (κ2) is 6.25. The van der Waals surface area contributed by atoms with Crippen molar-refractivity contribution in [2.75, 3.05) is 11.4 Å². The van der Waals surface area contributed by atoms with Crippen molar-refractivity contribution in [3.8, 4) is 0 Å². The molecule has 0 aliphatic carbocycles. The molecule has 0 amide bonds. The Labute approximate surface area is 123 Å². The van der Waals surface area contributed by atoms with Gasteiger partial charge in [-0.2, -0.15) is 22.0 Å². The number of anilines is 1. The van der Waals surface area contributed by atoms with Gasteiger partial charge in [0.15, 0.2) is 5.82 Å². The Morgan fingerprint density at radius 3 is 2.23 bits per heavy atom. The SMILES string of the molecule is CCN(Cc1ccc(C(F)(F)F)cc1)c1ncnc(F)c1F. The molecule has 0 fully saturated rings. The molecule has 1 heterocycles. The minimum atomic E-state index is -4.41. The monoisotopic (exact) mass is 317 g/mol. The van der Waals surface area contributed by atoms with Crippen LogP contribution in [0, 0.1) is 11.8 Å². The Bertz CT molecular complexity index is 640. The zero-order chi connectivity index (χ0) is 16.3. The van der Waals surface area contributed by atoms with Gasteiger partial charge in [-0.05, 0) is 24.6 Å². The van der Waals surface area contributed by atoms with Gasteiger partial charge >= 0.3 is 6.18 Å². The standard InChI is InChI=1S/C14H12F5N3/c1-2-22(13-11(15)12(16)20-8-21-13)7-9-3-5-10(6-4-9)14(17,18)19/h3-6,8H,2,7H2,1H3. The van der Waals surface area contributed by atoms with Crippen molar-refractivity contribution in [1.29, 1.82) is 0 Å². The zero-order valence-electron chi connectivity index (χ0n) is 11.5. The largest absolute Gasteiger partial charge is 0.416 e. The fourth-order valence-corrected chi connectivity index (χ4v) is 1.92. The van der Waals surface area contributed by atoms with Crippen LogP contribution in [0.5, 0.6) is 0 Å². The first-order valence-corrected chi connectivity index (χ1v) is 6.40. The third kappa shape index (κ3) is 3.49. The summed E-state index contributed by atoms with van der Waals surface area (Å²) in [6.45, 7) is 2.10. The maximum absolute atomic E-state index is 13.7. The molecule has 1 aromatic carbocycles. The highest BCUT2D eigenvalue weighted by molar-refractivity contribution is 5.40. The number of hydrogen-bond acceptors (Lipinski definition) is 3. The van der Waals surface area contributed by atoms with Gasteiger partial charge in [0.1, 0.15) is 6.33 Å². The fraction of sp³-hybridized carbons (Fsp3) is 0.286. The summed E-state index contributed by atoms with van der Waals surface area (Å²) in [5.41, 5.74) is -0.244. The first-order chi connectivity index (χ1) is 10.3. The van der Waals surface area contributed by atoms with Gasteiger partial charge in [-0.15, -0.1) is 0 Å². The van der Waals surface area contributed by atoms with Crippen LogP contribution in [-0.2, 0) is 12.7 Å². The summed E-state index contributed by atoms with van der Waals surface area (Å²) in [5, 5.41) is 0. The number of alkyl halides is 3. The minimum absolute atomic E-state index is 0.0992. The summed E-state index contributed by atoms with van der Waals surface area (Å²) in [4.78, 5) is 8.19. The summed E-state index contributed by atoms with van der Waals surface area (Å²) in [5.74, 6) is -2.68. The number of hydrogen-bond donors (Lipinski definition) is 0. The molecule has 0 aliphatic heterocycles. The van der Waals surface area contributed by atoms with Crippen molar-refractivity contribution >= 4 is 5.82 Å². The lowest BCUT2D eigenvalue weighted by molar-refractivity contribution is -0.137. The second-order valence-corrected chi connectivity index (χ2v) is 4.51. The first kappa shape index (κ1) is 16.1. The van der Waals surface area contributed by atoms with E-state index in [-0.39, 0.29) is 12.4 Å². The predicted octanol–water partition coefficient (Wildman–Crippen LogP) is 3.80. The molecule has 1 aromatic heterocycles. The summed E-state index contributed by atoms with van der Waals surface area (Å²) in [6, 6.07) is 4.47. The first-order valence-electron chi connectivity index (χ1n) is 6.40. The quantitative estimate of drug-likeness (QED) is 0.634. The molecule has 0 aliphatic rings. The Balaban J connectivity index is 2.22. The van der Waals surface area contributed by atoms with Crippen molar-refractivity contribution in [2.24, 2.45) is 0 Å². The molecule has 22 heavy (non-hydrogen) atoms. The van der Waals surface area contributed by atoms with Gasteiger partial charge in [-0.25, -0.2) is 9.97 Å². The normalized spacial score (nSPS) is 11.5. The zero-order valence-corrected chi connectivity index (χ0v) is 11.5. The fourth-order valence-electron chi connectivity index (χ4n) is 1.92. The third-order valence-corrected chi connectivity index (χ3v) is 3.06. The molecular weight excluding hydrogens is 305 g/mol. The Hall–Kier alpha value is -2.25. The van der Waals surface area contributed by atoms with Crippen LogP contribution in [0.1, 0.15) is 18.1 Å². The van der Waals surface area contributed by atoms with Crippen LogP contribution in [0.25, 0.3) is 0 Å². The number of rotatable bonds is 4. The van der Waals surface area contributed by atoms with E-state index in [1.807, 2.05) is 0 Å². The van der Waals surface area contributed by atoms with E-state index in [4.69, 9.17) is 0 Å². The van der Waals surface area contributed by atoms with Crippen molar-refractivity contribution in [1.82, 2.24) is 9.97 Å². The minimum Gasteiger partial charge on any atom is -0.350 e. The summed E-state index contributed by atoms with van der Waals surface area (Å²) in [6.07, 6.45) is -3.52. The van der Waals surface area contributed by atoms with Crippen LogP contribution < -0.4 is 4.90 Å². The van der Waals surface area contributed by atoms with Gasteiger partial charge in [0.05, 0.1) is 5.56 Å². The van der Waals surface area contributed by atoms with E-state index in [0.29, 0.717) is 12.1 Å². The summed E-state index contributed by atoms with van der Waals surface area (Å²) < 4.78 is 64.3. The van der Waals surface area contributed by atoms with E-state index < -0.39 is 23.5 Å². The Morgan fingerprint density at radius 2 is 1.68 bits per heavy atom. The lowest BCUT2D eigenvalue weighted by atomic mass is 10.1. The molecule has 3 nitrogen and oxygen atoms in total. The molecule has 0 atom stereocenters. The van der Waals surface area contributed by atoms with Gasteiger partial charge in [-0.3, -0.25) is 0 Å². The average molecular weight is 317 g/mol. The highest BCUT2D eigenvalue weighted by Crippen LogP contribution is 2.29. The molecule has 0 bridgehead atoms. The average Bonchev–Trinajstić information content (AvgIpc) is 2.47.